The van der Waals surface area contributed by atoms with Crippen molar-refractivity contribution in [3.8, 4) is 5.75 Å². The molecule has 0 heterocycles. The van der Waals surface area contributed by atoms with Gasteiger partial charge in [0.2, 0.25) is 0 Å². The molecular weight excluding hydrogens is 290 g/mol. The molecule has 0 unspecified atom stereocenters. The smallest absolute Gasteiger partial charge is 0.288 e. The minimum Gasteiger partial charge on any atom is -0.389 e. The van der Waals surface area contributed by atoms with Crippen molar-refractivity contribution in [2.45, 2.75) is 11.8 Å². The number of rotatable bonds is 7. The van der Waals surface area contributed by atoms with E-state index >= 15 is 0 Å². The molecule has 2 aromatic carbocycles. The monoisotopic (exact) mass is 307 g/mol. The molecule has 0 saturated carbocycles. The fourth-order valence-electron chi connectivity index (χ4n) is 1.52. The second kappa shape index (κ2) is 8.09. The Balaban J connectivity index is 1.66. The zero-order chi connectivity index (χ0) is 14.2. The summed E-state index contributed by atoms with van der Waals surface area (Å²) in [6.07, 6.45) is 0. The van der Waals surface area contributed by atoms with E-state index in [0.717, 1.165) is 11.3 Å². The Morgan fingerprint density at radius 2 is 1.80 bits per heavy atom. The maximum absolute atomic E-state index is 11.7. The van der Waals surface area contributed by atoms with Gasteiger partial charge in [-0.3, -0.25) is 0 Å². The summed E-state index contributed by atoms with van der Waals surface area (Å²) in [7, 11) is 0. The molecule has 1 N–H and O–H groups in total. The van der Waals surface area contributed by atoms with Gasteiger partial charge in [-0.25, -0.2) is 4.72 Å². The first-order valence-electron chi connectivity index (χ1n) is 6.32. The molecule has 0 aliphatic rings. The predicted molar refractivity (Wildman–Crippen MR) is 85.1 cm³/mol. The molecule has 0 amide bonds. The molecule has 0 aromatic heterocycles. The van der Waals surface area contributed by atoms with Gasteiger partial charge >= 0.3 is 0 Å². The van der Waals surface area contributed by atoms with Crippen molar-refractivity contribution in [3.63, 3.8) is 0 Å². The van der Waals surface area contributed by atoms with E-state index in [-0.39, 0.29) is 0 Å². The van der Waals surface area contributed by atoms with Gasteiger partial charge in [-0.1, -0.05) is 35.9 Å². The topological polar surface area (TPSA) is 38.3 Å². The third-order valence-corrected chi connectivity index (χ3v) is 4.32. The number of thioether (sulfide) groups is 1. The summed E-state index contributed by atoms with van der Waals surface area (Å²) < 4.78 is 19.8. The van der Waals surface area contributed by atoms with E-state index in [4.69, 9.17) is 4.18 Å². The Kier molecular flexibility index (Phi) is 6.11. The highest BCUT2D eigenvalue weighted by Crippen LogP contribution is 2.16. The van der Waals surface area contributed by atoms with Crippen molar-refractivity contribution in [3.05, 3.63) is 60.2 Å². The van der Waals surface area contributed by atoms with Crippen LogP contribution in [0.1, 0.15) is 5.56 Å². The molecule has 20 heavy (non-hydrogen) atoms. The van der Waals surface area contributed by atoms with Crippen LogP contribution in [0.25, 0.3) is 0 Å². The standard InChI is InChI=1S/C15H17NO2S2/c1-13-7-9-14(10-8-13)18-20(17)16-11-12-19-15-5-3-2-4-6-15/h2-10,16H,11-12H2,1H3/t20-/m1/s1. The number of benzene rings is 2. The average molecular weight is 307 g/mol. The Bertz CT molecular complexity index is 544. The SMILES string of the molecule is Cc1ccc(O[S@@](=O)NCCSc2ccccc2)cc1. The largest absolute Gasteiger partial charge is 0.389 e. The lowest BCUT2D eigenvalue weighted by Crippen LogP contribution is -2.23. The summed E-state index contributed by atoms with van der Waals surface area (Å²) in [5.41, 5.74) is 1.15. The van der Waals surface area contributed by atoms with Crippen LogP contribution in [0.15, 0.2) is 59.5 Å². The lowest BCUT2D eigenvalue weighted by molar-refractivity contribution is 0.550. The van der Waals surface area contributed by atoms with Crippen LogP contribution in [0, 0.1) is 6.92 Å². The highest BCUT2D eigenvalue weighted by atomic mass is 32.2. The molecule has 5 heteroatoms. The predicted octanol–water partition coefficient (Wildman–Crippen LogP) is 3.33. The van der Waals surface area contributed by atoms with Crippen molar-refractivity contribution in [1.82, 2.24) is 4.72 Å². The zero-order valence-corrected chi connectivity index (χ0v) is 12.9. The Morgan fingerprint density at radius 3 is 2.50 bits per heavy atom. The third kappa shape index (κ3) is 5.36. The number of nitrogens with one attached hydrogen (secondary N) is 1. The van der Waals surface area contributed by atoms with E-state index in [1.807, 2.05) is 49.4 Å². The van der Waals surface area contributed by atoms with E-state index in [1.165, 1.54) is 4.90 Å². The lowest BCUT2D eigenvalue weighted by atomic mass is 10.2. The fraction of sp³-hybridized carbons (Fsp3) is 0.200. The zero-order valence-electron chi connectivity index (χ0n) is 11.2. The summed E-state index contributed by atoms with van der Waals surface area (Å²) in [5, 5.41) is 0. The number of hydrogen-bond acceptors (Lipinski definition) is 3. The van der Waals surface area contributed by atoms with Crippen LogP contribution in [-0.4, -0.2) is 16.5 Å². The molecular formula is C15H17NO2S2. The maximum atomic E-state index is 11.7. The van der Waals surface area contributed by atoms with Gasteiger partial charge < -0.3 is 4.18 Å². The van der Waals surface area contributed by atoms with Crippen LogP contribution in [0.2, 0.25) is 0 Å². The van der Waals surface area contributed by atoms with Crippen LogP contribution in [-0.2, 0) is 11.3 Å². The minimum atomic E-state index is -1.50. The number of hydrogen-bond donors (Lipinski definition) is 1. The van der Waals surface area contributed by atoms with Crippen molar-refractivity contribution < 1.29 is 8.39 Å². The van der Waals surface area contributed by atoms with Crippen LogP contribution in [0.3, 0.4) is 0 Å². The molecule has 2 rings (SSSR count). The maximum Gasteiger partial charge on any atom is 0.288 e. The van der Waals surface area contributed by atoms with Gasteiger partial charge in [0.15, 0.2) is 0 Å². The highest BCUT2D eigenvalue weighted by molar-refractivity contribution is 7.99. The molecule has 0 saturated heterocycles. The van der Waals surface area contributed by atoms with Gasteiger partial charge in [-0.2, -0.15) is 4.21 Å². The average Bonchev–Trinajstić information content (AvgIpc) is 2.47. The van der Waals surface area contributed by atoms with Crippen molar-refractivity contribution in [2.75, 3.05) is 12.3 Å². The number of aryl methyl sites for hydroxylation is 1. The van der Waals surface area contributed by atoms with Gasteiger partial charge in [0.05, 0.1) is 0 Å². The molecule has 0 aliphatic heterocycles. The first kappa shape index (κ1) is 15.1. The first-order valence-corrected chi connectivity index (χ1v) is 8.38. The van der Waals surface area contributed by atoms with Crippen molar-refractivity contribution in [1.29, 1.82) is 0 Å². The summed E-state index contributed by atoms with van der Waals surface area (Å²) in [6.45, 7) is 2.62. The second-order valence-corrected chi connectivity index (χ2v) is 6.28. The molecule has 0 aliphatic carbocycles. The Hall–Kier alpha value is -1.30. The summed E-state index contributed by atoms with van der Waals surface area (Å²) in [6, 6.07) is 17.6. The lowest BCUT2D eigenvalue weighted by Gasteiger charge is -2.06. The van der Waals surface area contributed by atoms with Gasteiger partial charge in [0.25, 0.3) is 11.3 Å². The molecule has 106 valence electrons. The summed E-state index contributed by atoms with van der Waals surface area (Å²) in [4.78, 5) is 1.21. The molecule has 0 radical (unpaired) electrons. The van der Waals surface area contributed by atoms with Crippen LogP contribution in [0.5, 0.6) is 5.75 Å². The van der Waals surface area contributed by atoms with E-state index in [9.17, 15) is 4.21 Å². The quantitative estimate of drug-likeness (QED) is 0.630. The Morgan fingerprint density at radius 1 is 1.10 bits per heavy atom. The highest BCUT2D eigenvalue weighted by Gasteiger charge is 2.02. The summed E-state index contributed by atoms with van der Waals surface area (Å²) >= 11 is 0.219. The van der Waals surface area contributed by atoms with Crippen molar-refractivity contribution >= 4 is 23.0 Å². The van der Waals surface area contributed by atoms with E-state index in [1.54, 1.807) is 11.8 Å². The van der Waals surface area contributed by atoms with E-state index in [2.05, 4.69) is 16.9 Å². The molecule has 0 fully saturated rings. The van der Waals surface area contributed by atoms with E-state index < -0.39 is 11.3 Å². The van der Waals surface area contributed by atoms with Gasteiger partial charge in [-0.15, -0.1) is 11.8 Å². The normalized spacial score (nSPS) is 12.1. The van der Waals surface area contributed by atoms with Gasteiger partial charge in [0.1, 0.15) is 5.75 Å². The summed E-state index contributed by atoms with van der Waals surface area (Å²) in [5.74, 6) is 1.45. The van der Waals surface area contributed by atoms with Crippen LogP contribution >= 0.6 is 11.8 Å². The third-order valence-electron chi connectivity index (χ3n) is 2.53. The van der Waals surface area contributed by atoms with Gasteiger partial charge in [-0.05, 0) is 31.2 Å². The molecule has 3 nitrogen and oxygen atoms in total. The molecule has 1 atom stereocenters. The van der Waals surface area contributed by atoms with E-state index in [0.29, 0.717) is 12.3 Å². The van der Waals surface area contributed by atoms with Crippen LogP contribution < -0.4 is 8.91 Å². The molecule has 0 spiro atoms. The second-order valence-electron chi connectivity index (χ2n) is 4.19. The fourth-order valence-corrected chi connectivity index (χ4v) is 3.05. The van der Waals surface area contributed by atoms with Crippen molar-refractivity contribution in [2.24, 2.45) is 0 Å². The molecule has 2 aromatic rings. The van der Waals surface area contributed by atoms with Crippen LogP contribution in [0.4, 0.5) is 0 Å². The Labute approximate surface area is 126 Å². The minimum absolute atomic E-state index is 0.608. The van der Waals surface area contributed by atoms with Gasteiger partial charge in [0, 0.05) is 17.2 Å². The first-order chi connectivity index (χ1) is 9.74. The molecule has 0 bridgehead atoms.